The van der Waals surface area contributed by atoms with Gasteiger partial charge in [-0.1, -0.05) is 66.7 Å². The van der Waals surface area contributed by atoms with Gasteiger partial charge in [0.2, 0.25) is 0 Å². The van der Waals surface area contributed by atoms with Crippen molar-refractivity contribution in [2.45, 2.75) is 19.8 Å². The highest BCUT2D eigenvalue weighted by molar-refractivity contribution is 5.43. The topological polar surface area (TPSA) is 38.7 Å². The zero-order valence-electron chi connectivity index (χ0n) is 13.4. The minimum absolute atomic E-state index is 0.0271. The van der Waals surface area contributed by atoms with E-state index in [0.717, 1.165) is 16.7 Å². The quantitative estimate of drug-likeness (QED) is 0.704. The normalized spacial score (nSPS) is 10.4. The number of hydrogen-bond acceptors (Lipinski definition) is 3. The van der Waals surface area contributed by atoms with Gasteiger partial charge in [0.25, 0.3) is 0 Å². The molecule has 24 heavy (non-hydrogen) atoms. The highest BCUT2D eigenvalue weighted by atomic mass is 16.5. The first kappa shape index (κ1) is 16.1. The Morgan fingerprint density at radius 3 is 1.67 bits per heavy atom. The molecule has 0 saturated heterocycles. The molecule has 0 heterocycles. The van der Waals surface area contributed by atoms with Crippen LogP contribution in [0.2, 0.25) is 0 Å². The van der Waals surface area contributed by atoms with Gasteiger partial charge in [0.05, 0.1) is 6.61 Å². The molecule has 3 heteroatoms. The number of rotatable bonds is 7. The summed E-state index contributed by atoms with van der Waals surface area (Å²) >= 11 is 0. The fourth-order valence-corrected chi connectivity index (χ4v) is 2.35. The summed E-state index contributed by atoms with van der Waals surface area (Å²) in [6.45, 7) is 0.902. The van der Waals surface area contributed by atoms with E-state index < -0.39 is 0 Å². The van der Waals surface area contributed by atoms with E-state index in [-0.39, 0.29) is 6.61 Å². The smallest absolute Gasteiger partial charge is 0.162 e. The van der Waals surface area contributed by atoms with E-state index in [1.54, 1.807) is 0 Å². The van der Waals surface area contributed by atoms with Gasteiger partial charge in [-0.05, 0) is 28.8 Å². The lowest BCUT2D eigenvalue weighted by molar-refractivity contribution is 0.252. The molecule has 3 rings (SSSR count). The monoisotopic (exact) mass is 320 g/mol. The van der Waals surface area contributed by atoms with Crippen LogP contribution < -0.4 is 9.47 Å². The molecule has 3 aromatic carbocycles. The molecule has 0 saturated carbocycles. The molecule has 0 fully saturated rings. The minimum atomic E-state index is -0.0271. The second kappa shape index (κ2) is 8.18. The second-order valence-electron chi connectivity index (χ2n) is 5.49. The lowest BCUT2D eigenvalue weighted by atomic mass is 10.2. The fourth-order valence-electron chi connectivity index (χ4n) is 2.35. The number of hydrogen-bond donors (Lipinski definition) is 1. The number of benzene rings is 3. The largest absolute Gasteiger partial charge is 0.485 e. The maximum atomic E-state index is 9.35. The molecule has 0 bridgehead atoms. The maximum Gasteiger partial charge on any atom is 0.162 e. The van der Waals surface area contributed by atoms with Crippen LogP contribution in [0.15, 0.2) is 78.9 Å². The average Bonchev–Trinajstić information content (AvgIpc) is 2.66. The third-order valence-electron chi connectivity index (χ3n) is 3.67. The summed E-state index contributed by atoms with van der Waals surface area (Å²) in [4.78, 5) is 0. The maximum absolute atomic E-state index is 9.35. The van der Waals surface area contributed by atoms with E-state index >= 15 is 0 Å². The summed E-state index contributed by atoms with van der Waals surface area (Å²) < 4.78 is 11.8. The van der Waals surface area contributed by atoms with E-state index in [0.29, 0.717) is 24.7 Å². The van der Waals surface area contributed by atoms with E-state index in [2.05, 4.69) is 0 Å². The molecule has 0 radical (unpaired) electrons. The highest BCUT2D eigenvalue weighted by Gasteiger charge is 2.08. The van der Waals surface area contributed by atoms with Gasteiger partial charge in [0.1, 0.15) is 13.2 Å². The summed E-state index contributed by atoms with van der Waals surface area (Å²) in [6.07, 6.45) is 0. The predicted molar refractivity (Wildman–Crippen MR) is 93.9 cm³/mol. The van der Waals surface area contributed by atoms with Crippen LogP contribution in [0.5, 0.6) is 11.5 Å². The van der Waals surface area contributed by atoms with E-state index in [1.165, 1.54) is 0 Å². The summed E-state index contributed by atoms with van der Waals surface area (Å²) in [6, 6.07) is 25.5. The Balaban J connectivity index is 1.72. The average molecular weight is 320 g/mol. The molecule has 0 aliphatic rings. The molecule has 3 nitrogen and oxygen atoms in total. The van der Waals surface area contributed by atoms with Crippen molar-refractivity contribution >= 4 is 0 Å². The Morgan fingerprint density at radius 2 is 1.12 bits per heavy atom. The van der Waals surface area contributed by atoms with Gasteiger partial charge in [-0.15, -0.1) is 0 Å². The van der Waals surface area contributed by atoms with Crippen LogP contribution in [0.4, 0.5) is 0 Å². The minimum Gasteiger partial charge on any atom is -0.485 e. The molecule has 0 spiro atoms. The van der Waals surface area contributed by atoms with E-state index in [4.69, 9.17) is 9.47 Å². The summed E-state index contributed by atoms with van der Waals surface area (Å²) in [5, 5.41) is 9.35. The van der Waals surface area contributed by atoms with Crippen molar-refractivity contribution in [3.05, 3.63) is 95.6 Å². The SMILES string of the molecule is OCc1ccc(OCc2ccccc2)c(OCc2ccccc2)c1. The summed E-state index contributed by atoms with van der Waals surface area (Å²) in [7, 11) is 0. The molecule has 0 atom stereocenters. The van der Waals surface area contributed by atoms with Gasteiger partial charge in [-0.3, -0.25) is 0 Å². The van der Waals surface area contributed by atoms with Crippen molar-refractivity contribution in [1.82, 2.24) is 0 Å². The van der Waals surface area contributed by atoms with E-state index in [1.807, 2.05) is 78.9 Å². The Bertz CT molecular complexity index is 755. The van der Waals surface area contributed by atoms with Crippen molar-refractivity contribution in [3.8, 4) is 11.5 Å². The Morgan fingerprint density at radius 1 is 0.583 bits per heavy atom. The zero-order chi connectivity index (χ0) is 16.6. The number of aliphatic hydroxyl groups excluding tert-OH is 1. The predicted octanol–water partition coefficient (Wildman–Crippen LogP) is 4.34. The number of aliphatic hydroxyl groups is 1. The van der Waals surface area contributed by atoms with Gasteiger partial charge in [0.15, 0.2) is 11.5 Å². The Kier molecular flexibility index (Phi) is 5.48. The summed E-state index contributed by atoms with van der Waals surface area (Å²) in [5.74, 6) is 1.31. The van der Waals surface area contributed by atoms with Crippen LogP contribution in [0.1, 0.15) is 16.7 Å². The molecule has 122 valence electrons. The molecule has 3 aromatic rings. The van der Waals surface area contributed by atoms with Gasteiger partial charge in [-0.25, -0.2) is 0 Å². The van der Waals surface area contributed by atoms with Crippen LogP contribution in [-0.4, -0.2) is 5.11 Å². The molecule has 0 aliphatic heterocycles. The summed E-state index contributed by atoms with van der Waals surface area (Å²) in [5.41, 5.74) is 2.98. The standard InChI is InChI=1S/C21H20O3/c22-14-19-11-12-20(23-15-17-7-3-1-4-8-17)21(13-19)24-16-18-9-5-2-6-10-18/h1-13,22H,14-16H2. The van der Waals surface area contributed by atoms with Crippen LogP contribution in [-0.2, 0) is 19.8 Å². The van der Waals surface area contributed by atoms with Gasteiger partial charge < -0.3 is 14.6 Å². The molecular weight excluding hydrogens is 300 g/mol. The van der Waals surface area contributed by atoms with Gasteiger partial charge in [-0.2, -0.15) is 0 Å². The first-order chi connectivity index (χ1) is 11.8. The number of ether oxygens (including phenoxy) is 2. The Hall–Kier alpha value is -2.78. The fraction of sp³-hybridized carbons (Fsp3) is 0.143. The Labute approximate surface area is 142 Å². The van der Waals surface area contributed by atoms with E-state index in [9.17, 15) is 5.11 Å². The van der Waals surface area contributed by atoms with Gasteiger partial charge in [0, 0.05) is 0 Å². The molecular formula is C21H20O3. The molecule has 0 aromatic heterocycles. The molecule has 1 N–H and O–H groups in total. The van der Waals surface area contributed by atoms with Crippen molar-refractivity contribution in [2.75, 3.05) is 0 Å². The van der Waals surface area contributed by atoms with Crippen LogP contribution in [0.25, 0.3) is 0 Å². The molecule has 0 amide bonds. The lowest BCUT2D eigenvalue weighted by Gasteiger charge is -2.14. The zero-order valence-corrected chi connectivity index (χ0v) is 13.4. The second-order valence-corrected chi connectivity index (χ2v) is 5.49. The lowest BCUT2D eigenvalue weighted by Crippen LogP contribution is -2.01. The first-order valence-electron chi connectivity index (χ1n) is 7.92. The molecule has 0 unspecified atom stereocenters. The van der Waals surface area contributed by atoms with Crippen molar-refractivity contribution in [2.24, 2.45) is 0 Å². The van der Waals surface area contributed by atoms with Crippen LogP contribution in [0.3, 0.4) is 0 Å². The molecule has 0 aliphatic carbocycles. The van der Waals surface area contributed by atoms with Crippen LogP contribution >= 0.6 is 0 Å². The first-order valence-corrected chi connectivity index (χ1v) is 7.92. The van der Waals surface area contributed by atoms with Gasteiger partial charge >= 0.3 is 0 Å². The van der Waals surface area contributed by atoms with Crippen molar-refractivity contribution in [1.29, 1.82) is 0 Å². The highest BCUT2D eigenvalue weighted by Crippen LogP contribution is 2.30. The van der Waals surface area contributed by atoms with Crippen LogP contribution in [0, 0.1) is 0 Å². The van der Waals surface area contributed by atoms with Crippen molar-refractivity contribution in [3.63, 3.8) is 0 Å². The third-order valence-corrected chi connectivity index (χ3v) is 3.67. The third kappa shape index (κ3) is 4.37. The van der Waals surface area contributed by atoms with Crippen molar-refractivity contribution < 1.29 is 14.6 Å².